The van der Waals surface area contributed by atoms with Crippen molar-refractivity contribution >= 4 is 28.5 Å². The van der Waals surface area contributed by atoms with E-state index in [1.165, 1.54) is 12.1 Å². The largest absolute Gasteiger partial charge is 0.350 e. The van der Waals surface area contributed by atoms with E-state index in [0.717, 1.165) is 9.13 Å². The van der Waals surface area contributed by atoms with Gasteiger partial charge in [0.15, 0.2) is 0 Å². The third-order valence-electron chi connectivity index (χ3n) is 3.43. The molecule has 0 aliphatic rings. The fourth-order valence-corrected chi connectivity index (χ4v) is 2.87. The summed E-state index contributed by atoms with van der Waals surface area (Å²) in [6.45, 7) is 0.417. The minimum absolute atomic E-state index is 0.0824. The second-order valence-electron chi connectivity index (χ2n) is 5.22. The van der Waals surface area contributed by atoms with Gasteiger partial charge in [-0.05, 0) is 66.5 Å². The monoisotopic (exact) mass is 412 g/mol. The van der Waals surface area contributed by atoms with E-state index in [1.807, 2.05) is 43.3 Å². The Kier molecular flexibility index (Phi) is 5.90. The number of carbonyl (C=O) groups is 1. The highest BCUT2D eigenvalue weighted by Crippen LogP contribution is 2.19. The molecule has 0 bridgehead atoms. The van der Waals surface area contributed by atoms with Crippen LogP contribution in [0.25, 0.3) is 0 Å². The predicted molar refractivity (Wildman–Crippen MR) is 94.3 cm³/mol. The van der Waals surface area contributed by atoms with Gasteiger partial charge in [0, 0.05) is 10.1 Å². The molecule has 1 atom stereocenters. The van der Waals surface area contributed by atoms with Gasteiger partial charge in [-0.15, -0.1) is 0 Å². The number of hydrogen-bond donors (Lipinski definition) is 1. The standard InChI is InChI=1S/C17H18FIN2O/c1-21(2)16(12-6-5-7-13(18)10-12)11-20-17(22)14-8-3-4-9-15(14)19/h3-10,16H,11H2,1-2H3,(H,20,22)/t16-/m0/s1. The van der Waals surface area contributed by atoms with E-state index in [-0.39, 0.29) is 17.8 Å². The van der Waals surface area contributed by atoms with Crippen LogP contribution in [0.5, 0.6) is 0 Å². The molecule has 1 N–H and O–H groups in total. The molecule has 0 unspecified atom stereocenters. The zero-order valence-electron chi connectivity index (χ0n) is 12.5. The van der Waals surface area contributed by atoms with Crippen LogP contribution in [-0.4, -0.2) is 31.4 Å². The number of amides is 1. The second-order valence-corrected chi connectivity index (χ2v) is 6.39. The van der Waals surface area contributed by atoms with Crippen molar-refractivity contribution in [2.24, 2.45) is 0 Å². The van der Waals surface area contributed by atoms with E-state index >= 15 is 0 Å². The summed E-state index contributed by atoms with van der Waals surface area (Å²) in [7, 11) is 3.82. The number of halogens is 2. The highest BCUT2D eigenvalue weighted by atomic mass is 127. The lowest BCUT2D eigenvalue weighted by Gasteiger charge is -2.25. The molecule has 0 aliphatic carbocycles. The van der Waals surface area contributed by atoms with E-state index in [1.54, 1.807) is 12.1 Å². The van der Waals surface area contributed by atoms with Crippen LogP contribution in [0, 0.1) is 9.39 Å². The van der Waals surface area contributed by atoms with E-state index in [0.29, 0.717) is 12.1 Å². The Labute approximate surface area is 143 Å². The average Bonchev–Trinajstić information content (AvgIpc) is 2.47. The van der Waals surface area contributed by atoms with Gasteiger partial charge in [-0.25, -0.2) is 4.39 Å². The van der Waals surface area contributed by atoms with E-state index in [4.69, 9.17) is 0 Å². The zero-order chi connectivity index (χ0) is 16.1. The first kappa shape index (κ1) is 16.9. The molecule has 5 heteroatoms. The third-order valence-corrected chi connectivity index (χ3v) is 4.37. The van der Waals surface area contributed by atoms with E-state index in [2.05, 4.69) is 27.9 Å². The Balaban J connectivity index is 2.10. The molecule has 2 aromatic carbocycles. The van der Waals surface area contributed by atoms with Crippen LogP contribution in [-0.2, 0) is 0 Å². The van der Waals surface area contributed by atoms with Crippen LogP contribution in [0.1, 0.15) is 22.0 Å². The molecule has 0 saturated carbocycles. The molecule has 22 heavy (non-hydrogen) atoms. The van der Waals surface area contributed by atoms with Crippen LogP contribution in [0.4, 0.5) is 4.39 Å². The molecular weight excluding hydrogens is 394 g/mol. The molecule has 2 aromatic rings. The summed E-state index contributed by atoms with van der Waals surface area (Å²) in [5.74, 6) is -0.387. The molecule has 3 nitrogen and oxygen atoms in total. The molecule has 0 heterocycles. The third kappa shape index (κ3) is 4.27. The summed E-state index contributed by atoms with van der Waals surface area (Å²) in [6.07, 6.45) is 0. The minimum Gasteiger partial charge on any atom is -0.350 e. The molecule has 0 aliphatic heterocycles. The van der Waals surface area contributed by atoms with Gasteiger partial charge in [0.1, 0.15) is 5.82 Å². The van der Waals surface area contributed by atoms with E-state index in [9.17, 15) is 9.18 Å². The molecule has 1 amide bonds. The number of nitrogens with one attached hydrogen (secondary N) is 1. The maximum atomic E-state index is 13.4. The normalized spacial score (nSPS) is 12.2. The summed E-state index contributed by atoms with van der Waals surface area (Å²) in [5.41, 5.74) is 1.49. The lowest BCUT2D eigenvalue weighted by molar-refractivity contribution is 0.0941. The van der Waals surface area contributed by atoms with Crippen molar-refractivity contribution in [3.8, 4) is 0 Å². The fourth-order valence-electron chi connectivity index (χ4n) is 2.24. The van der Waals surface area contributed by atoms with Crippen LogP contribution >= 0.6 is 22.6 Å². The Hall–Kier alpha value is -1.47. The Morgan fingerprint density at radius 2 is 1.95 bits per heavy atom. The number of hydrogen-bond acceptors (Lipinski definition) is 2. The van der Waals surface area contributed by atoms with Crippen LogP contribution in [0.2, 0.25) is 0 Å². The summed E-state index contributed by atoms with van der Waals surface area (Å²) in [6, 6.07) is 13.8. The summed E-state index contributed by atoms with van der Waals surface area (Å²) < 4.78 is 14.3. The topological polar surface area (TPSA) is 32.3 Å². The zero-order valence-corrected chi connectivity index (χ0v) is 14.7. The van der Waals surface area contributed by atoms with Crippen molar-refractivity contribution in [3.63, 3.8) is 0 Å². The Morgan fingerprint density at radius 1 is 1.23 bits per heavy atom. The molecule has 0 fully saturated rings. The van der Waals surface area contributed by atoms with Crippen LogP contribution in [0.3, 0.4) is 0 Å². The molecule has 2 rings (SSSR count). The van der Waals surface area contributed by atoms with E-state index < -0.39 is 0 Å². The first-order chi connectivity index (χ1) is 10.5. The van der Waals surface area contributed by atoms with Gasteiger partial charge in [0.25, 0.3) is 5.91 Å². The number of nitrogens with zero attached hydrogens (tertiary/aromatic N) is 1. The summed E-state index contributed by atoms with van der Waals surface area (Å²) in [4.78, 5) is 14.2. The maximum absolute atomic E-state index is 13.4. The van der Waals surface area contributed by atoms with Gasteiger partial charge in [0.2, 0.25) is 0 Å². The first-order valence-corrected chi connectivity index (χ1v) is 8.01. The highest BCUT2D eigenvalue weighted by molar-refractivity contribution is 14.1. The molecule has 0 radical (unpaired) electrons. The Morgan fingerprint density at radius 3 is 2.59 bits per heavy atom. The predicted octanol–water partition coefficient (Wildman–Crippen LogP) is 3.46. The van der Waals surface area contributed by atoms with Gasteiger partial charge in [-0.3, -0.25) is 4.79 Å². The van der Waals surface area contributed by atoms with Crippen molar-refractivity contribution in [2.45, 2.75) is 6.04 Å². The lowest BCUT2D eigenvalue weighted by Crippen LogP contribution is -2.34. The number of likely N-dealkylation sites (N-methyl/N-ethyl adjacent to an activating group) is 1. The SMILES string of the molecule is CN(C)[C@@H](CNC(=O)c1ccccc1I)c1cccc(F)c1. The minimum atomic E-state index is -0.270. The number of carbonyl (C=O) groups excluding carboxylic acids is 1. The van der Waals surface area contributed by atoms with Crippen molar-refractivity contribution in [1.82, 2.24) is 10.2 Å². The van der Waals surface area contributed by atoms with Crippen LogP contribution < -0.4 is 5.32 Å². The van der Waals surface area contributed by atoms with Crippen molar-refractivity contribution in [3.05, 3.63) is 69.0 Å². The van der Waals surface area contributed by atoms with Gasteiger partial charge >= 0.3 is 0 Å². The molecule has 116 valence electrons. The molecule has 0 spiro atoms. The fraction of sp³-hybridized carbons (Fsp3) is 0.235. The van der Waals surface area contributed by atoms with Gasteiger partial charge in [-0.2, -0.15) is 0 Å². The van der Waals surface area contributed by atoms with Crippen molar-refractivity contribution in [1.29, 1.82) is 0 Å². The van der Waals surface area contributed by atoms with Crippen molar-refractivity contribution in [2.75, 3.05) is 20.6 Å². The van der Waals surface area contributed by atoms with Gasteiger partial charge < -0.3 is 10.2 Å². The summed E-state index contributed by atoms with van der Waals surface area (Å²) >= 11 is 2.14. The van der Waals surface area contributed by atoms with Gasteiger partial charge in [0.05, 0.1) is 11.6 Å². The number of benzene rings is 2. The second kappa shape index (κ2) is 7.69. The van der Waals surface area contributed by atoms with Crippen LogP contribution in [0.15, 0.2) is 48.5 Å². The maximum Gasteiger partial charge on any atom is 0.252 e. The number of rotatable bonds is 5. The Bertz CT molecular complexity index is 661. The average molecular weight is 412 g/mol. The molecule has 0 aromatic heterocycles. The highest BCUT2D eigenvalue weighted by Gasteiger charge is 2.17. The lowest BCUT2D eigenvalue weighted by atomic mass is 10.1. The first-order valence-electron chi connectivity index (χ1n) is 6.93. The smallest absolute Gasteiger partial charge is 0.252 e. The quantitative estimate of drug-likeness (QED) is 0.764. The molecule has 0 saturated heterocycles. The summed E-state index contributed by atoms with van der Waals surface area (Å²) in [5, 5.41) is 2.93. The van der Waals surface area contributed by atoms with Crippen molar-refractivity contribution < 1.29 is 9.18 Å². The molecular formula is C17H18FIN2O. The van der Waals surface area contributed by atoms with Gasteiger partial charge in [-0.1, -0.05) is 24.3 Å².